The predicted octanol–water partition coefficient (Wildman–Crippen LogP) is 4.69. The number of amides is 1. The van der Waals surface area contributed by atoms with Gasteiger partial charge in [-0.05, 0) is 23.6 Å². The first-order valence-corrected chi connectivity index (χ1v) is 12.1. The van der Waals surface area contributed by atoms with Crippen LogP contribution in [0.15, 0.2) is 39.9 Å². The minimum atomic E-state index is -4.66. The molecule has 3 heterocycles. The summed E-state index contributed by atoms with van der Waals surface area (Å²) in [7, 11) is 1.63. The Balaban J connectivity index is 1.68. The van der Waals surface area contributed by atoms with Crippen LogP contribution in [0.1, 0.15) is 47.1 Å². The topological polar surface area (TPSA) is 83.6 Å². The molecule has 1 aliphatic heterocycles. The van der Waals surface area contributed by atoms with Gasteiger partial charge in [-0.1, -0.05) is 32.1 Å². The molecule has 1 aliphatic rings. The molecule has 12 heteroatoms. The van der Waals surface area contributed by atoms with E-state index in [0.717, 1.165) is 16.9 Å². The lowest BCUT2D eigenvalue weighted by Crippen LogP contribution is -2.36. The van der Waals surface area contributed by atoms with E-state index in [1.807, 2.05) is 35.1 Å². The molecule has 0 radical (unpaired) electrons. The van der Waals surface area contributed by atoms with Gasteiger partial charge in [-0.25, -0.2) is 4.98 Å². The molecule has 0 saturated heterocycles. The van der Waals surface area contributed by atoms with Crippen LogP contribution in [-0.4, -0.2) is 65.2 Å². The number of nitrogens with one attached hydrogen (secondary N) is 1. The number of amidine groups is 1. The summed E-state index contributed by atoms with van der Waals surface area (Å²) < 4.78 is 46.3. The SMILES string of the molecule is COc1cccc(C=Cc2nc3sccn3c2C(=O)N2CC=NNC(C(F)(F)F)=NCC2)c1C(C)C. The molecule has 0 aliphatic carbocycles. The Morgan fingerprint density at radius 3 is 2.81 bits per heavy atom. The number of halogens is 3. The normalized spacial score (nSPS) is 15.1. The minimum Gasteiger partial charge on any atom is -0.496 e. The fourth-order valence-electron chi connectivity index (χ4n) is 3.94. The molecular weight excluding hydrogens is 493 g/mol. The van der Waals surface area contributed by atoms with E-state index in [-0.39, 0.29) is 31.5 Å². The third kappa shape index (κ3) is 5.27. The largest absolute Gasteiger partial charge is 0.496 e. The highest BCUT2D eigenvalue weighted by Gasteiger charge is 2.36. The van der Waals surface area contributed by atoms with Crippen molar-refractivity contribution in [3.63, 3.8) is 0 Å². The van der Waals surface area contributed by atoms with Crippen molar-refractivity contribution in [2.24, 2.45) is 10.1 Å². The van der Waals surface area contributed by atoms with Gasteiger partial charge in [0.2, 0.25) is 5.84 Å². The Morgan fingerprint density at radius 1 is 1.28 bits per heavy atom. The van der Waals surface area contributed by atoms with Crippen molar-refractivity contribution < 1.29 is 22.7 Å². The maximum atomic E-state index is 13.6. The van der Waals surface area contributed by atoms with Crippen molar-refractivity contribution in [3.8, 4) is 5.75 Å². The van der Waals surface area contributed by atoms with Crippen LogP contribution in [0.4, 0.5) is 13.2 Å². The molecule has 8 nitrogen and oxygen atoms in total. The summed E-state index contributed by atoms with van der Waals surface area (Å²) in [6.45, 7) is 3.92. The number of hydrogen-bond acceptors (Lipinski definition) is 7. The Labute approximate surface area is 209 Å². The summed E-state index contributed by atoms with van der Waals surface area (Å²) in [5.41, 5.74) is 4.66. The van der Waals surface area contributed by atoms with Gasteiger partial charge in [0.15, 0.2) is 4.96 Å². The highest BCUT2D eigenvalue weighted by Crippen LogP contribution is 2.31. The van der Waals surface area contributed by atoms with Crippen LogP contribution in [-0.2, 0) is 0 Å². The number of fused-ring (bicyclic) bond motifs is 1. The standard InChI is InChI=1S/C24H25F3N6O2S/c1-15(2)19-16(5-4-6-18(19)35-3)7-8-17-20(33-13-14-36-23(33)30-17)21(34)32-11-9-28-22(24(25,26)27)31-29-10-12-32/h4-8,10,13-15H,9,11-12H2,1-3H3,(H,28,31). The van der Waals surface area contributed by atoms with E-state index in [4.69, 9.17) is 4.74 Å². The van der Waals surface area contributed by atoms with Gasteiger partial charge < -0.3 is 9.64 Å². The van der Waals surface area contributed by atoms with E-state index in [1.165, 1.54) is 22.5 Å². The molecule has 0 bridgehead atoms. The molecule has 1 aromatic carbocycles. The van der Waals surface area contributed by atoms with Gasteiger partial charge in [-0.3, -0.25) is 19.6 Å². The third-order valence-corrected chi connectivity index (χ3v) is 6.33. The van der Waals surface area contributed by atoms with E-state index >= 15 is 0 Å². The third-order valence-electron chi connectivity index (χ3n) is 5.57. The maximum Gasteiger partial charge on any atom is 0.450 e. The Hall–Kier alpha value is -3.67. The number of hydrogen-bond donors (Lipinski definition) is 1. The molecule has 4 rings (SSSR count). The predicted molar refractivity (Wildman–Crippen MR) is 135 cm³/mol. The minimum absolute atomic E-state index is 0.0139. The first-order chi connectivity index (χ1) is 17.2. The zero-order chi connectivity index (χ0) is 25.9. The molecule has 0 fully saturated rings. The Morgan fingerprint density at radius 2 is 2.08 bits per heavy atom. The van der Waals surface area contributed by atoms with Gasteiger partial charge in [0.1, 0.15) is 11.4 Å². The number of ether oxygens (including phenoxy) is 1. The molecule has 2 aromatic heterocycles. The molecule has 3 aromatic rings. The molecule has 1 amide bonds. The lowest BCUT2D eigenvalue weighted by Gasteiger charge is -2.19. The zero-order valence-corrected chi connectivity index (χ0v) is 20.7. The van der Waals surface area contributed by atoms with Crippen molar-refractivity contribution >= 4 is 46.4 Å². The molecule has 0 unspecified atom stereocenters. The number of imidazole rings is 1. The van der Waals surface area contributed by atoms with Gasteiger partial charge in [-0.15, -0.1) is 11.3 Å². The number of nitrogens with zero attached hydrogens (tertiary/aromatic N) is 5. The molecule has 190 valence electrons. The van der Waals surface area contributed by atoms with Gasteiger partial charge in [0.05, 0.1) is 25.9 Å². The van der Waals surface area contributed by atoms with Gasteiger partial charge in [0.25, 0.3) is 5.91 Å². The molecule has 0 saturated carbocycles. The van der Waals surface area contributed by atoms with Gasteiger partial charge in [0, 0.05) is 29.9 Å². The summed E-state index contributed by atoms with van der Waals surface area (Å²) in [5.74, 6) is -0.599. The quantitative estimate of drug-likeness (QED) is 0.531. The molecule has 0 atom stereocenters. The van der Waals surface area contributed by atoms with Crippen LogP contribution >= 0.6 is 11.3 Å². The highest BCUT2D eigenvalue weighted by molar-refractivity contribution is 7.15. The number of aromatic nitrogens is 2. The van der Waals surface area contributed by atoms with E-state index in [0.29, 0.717) is 16.3 Å². The first kappa shape index (κ1) is 25.4. The highest BCUT2D eigenvalue weighted by atomic mass is 32.1. The van der Waals surface area contributed by atoms with Crippen molar-refractivity contribution in [2.75, 3.05) is 26.7 Å². The zero-order valence-electron chi connectivity index (χ0n) is 19.9. The van der Waals surface area contributed by atoms with Crippen molar-refractivity contribution in [1.29, 1.82) is 0 Å². The fraction of sp³-hybridized carbons (Fsp3) is 0.333. The second-order valence-corrected chi connectivity index (χ2v) is 9.13. The average Bonchev–Trinajstić information content (AvgIpc) is 3.44. The Kier molecular flexibility index (Phi) is 7.43. The van der Waals surface area contributed by atoms with E-state index < -0.39 is 12.0 Å². The van der Waals surface area contributed by atoms with Crippen LogP contribution in [0.2, 0.25) is 0 Å². The number of methoxy groups -OCH3 is 1. The van der Waals surface area contributed by atoms with E-state index in [1.54, 1.807) is 23.8 Å². The number of benzene rings is 1. The molecule has 0 spiro atoms. The number of carbonyl (C=O) groups is 1. The number of hydrazone groups is 1. The van der Waals surface area contributed by atoms with Gasteiger partial charge in [-0.2, -0.15) is 18.3 Å². The summed E-state index contributed by atoms with van der Waals surface area (Å²) in [6.07, 6.45) is 1.98. The average molecular weight is 519 g/mol. The number of alkyl halides is 3. The lowest BCUT2D eigenvalue weighted by molar-refractivity contribution is -0.0619. The molecule has 1 N–H and O–H groups in total. The van der Waals surface area contributed by atoms with Crippen LogP contribution in [0.3, 0.4) is 0 Å². The van der Waals surface area contributed by atoms with Gasteiger partial charge >= 0.3 is 6.18 Å². The summed E-state index contributed by atoms with van der Waals surface area (Å²) in [5, 5.41) is 5.39. The smallest absolute Gasteiger partial charge is 0.450 e. The monoisotopic (exact) mass is 518 g/mol. The second kappa shape index (κ2) is 10.5. The molecule has 36 heavy (non-hydrogen) atoms. The summed E-state index contributed by atoms with van der Waals surface area (Å²) >= 11 is 1.38. The van der Waals surface area contributed by atoms with Crippen molar-refractivity contribution in [2.45, 2.75) is 25.9 Å². The first-order valence-electron chi connectivity index (χ1n) is 11.2. The van der Waals surface area contributed by atoms with Crippen LogP contribution in [0.25, 0.3) is 17.1 Å². The number of carbonyl (C=O) groups excluding carboxylic acids is 1. The fourth-order valence-corrected chi connectivity index (χ4v) is 4.67. The summed E-state index contributed by atoms with van der Waals surface area (Å²) in [4.78, 5) is 23.8. The lowest BCUT2D eigenvalue weighted by atomic mass is 9.95. The number of thiazole rings is 1. The van der Waals surface area contributed by atoms with Crippen LogP contribution in [0.5, 0.6) is 5.75 Å². The van der Waals surface area contributed by atoms with Crippen LogP contribution in [0, 0.1) is 0 Å². The van der Waals surface area contributed by atoms with E-state index in [9.17, 15) is 18.0 Å². The van der Waals surface area contributed by atoms with Crippen LogP contribution < -0.4 is 10.2 Å². The molecular formula is C24H25F3N6O2S. The Bertz CT molecular complexity index is 1340. The van der Waals surface area contributed by atoms with E-state index in [2.05, 4.69) is 28.9 Å². The second-order valence-electron chi connectivity index (χ2n) is 8.26. The number of rotatable bonds is 5. The van der Waals surface area contributed by atoms with Crippen molar-refractivity contribution in [3.05, 3.63) is 52.3 Å². The summed E-state index contributed by atoms with van der Waals surface area (Å²) in [6, 6.07) is 5.77. The maximum absolute atomic E-state index is 13.6. The number of aliphatic imine (C=N–C) groups is 1. The van der Waals surface area contributed by atoms with Crippen molar-refractivity contribution in [1.82, 2.24) is 19.7 Å².